The molecule has 2 aromatic carbocycles. The molecule has 0 bridgehead atoms. The molecule has 5 rings (SSSR count). The maximum absolute atomic E-state index is 13.3. The van der Waals surface area contributed by atoms with Gasteiger partial charge in [0, 0.05) is 11.7 Å². The smallest absolute Gasteiger partial charge is 0.338 e. The third-order valence-electron chi connectivity index (χ3n) is 6.05. The number of nitrogens with two attached hydrogens (primary N) is 1. The van der Waals surface area contributed by atoms with Crippen LogP contribution in [0, 0.1) is 0 Å². The Bertz CT molecular complexity index is 1350. The van der Waals surface area contributed by atoms with E-state index in [0.29, 0.717) is 45.6 Å². The van der Waals surface area contributed by atoms with Crippen molar-refractivity contribution in [2.75, 3.05) is 12.3 Å². The number of rotatable bonds is 5. The van der Waals surface area contributed by atoms with E-state index < -0.39 is 5.97 Å². The number of aromatic nitrogens is 3. The predicted octanol–water partition coefficient (Wildman–Crippen LogP) is 4.01. The molecule has 8 nitrogen and oxygen atoms in total. The summed E-state index contributed by atoms with van der Waals surface area (Å²) < 4.78 is 6.78. The molecule has 3 N–H and O–H groups in total. The largest absolute Gasteiger partial charge is 0.462 e. The summed E-state index contributed by atoms with van der Waals surface area (Å²) in [5.74, 6) is -0.368. The number of nitrogens with one attached hydrogen (secondary N) is 1. The molecule has 0 atom stereocenters. The maximum atomic E-state index is 13.3. The number of hydrogen-bond acceptors (Lipinski definition) is 6. The van der Waals surface area contributed by atoms with Crippen LogP contribution in [0.3, 0.4) is 0 Å². The number of esters is 1. The fraction of sp³-hybridized carbons (Fsp3) is 0.280. The van der Waals surface area contributed by atoms with E-state index in [2.05, 4.69) is 5.32 Å². The summed E-state index contributed by atoms with van der Waals surface area (Å²) in [5.41, 5.74) is 10.3. The van der Waals surface area contributed by atoms with Crippen molar-refractivity contribution in [3.8, 4) is 5.69 Å². The van der Waals surface area contributed by atoms with Crippen molar-refractivity contribution in [1.82, 2.24) is 19.9 Å². The lowest BCUT2D eigenvalue weighted by molar-refractivity contribution is 0.0526. The molecule has 33 heavy (non-hydrogen) atoms. The van der Waals surface area contributed by atoms with E-state index in [1.54, 1.807) is 35.8 Å². The highest BCUT2D eigenvalue weighted by atomic mass is 16.5. The van der Waals surface area contributed by atoms with Crippen LogP contribution in [0.5, 0.6) is 0 Å². The van der Waals surface area contributed by atoms with Crippen molar-refractivity contribution < 1.29 is 14.3 Å². The van der Waals surface area contributed by atoms with Crippen LogP contribution in [0.25, 0.3) is 27.9 Å². The van der Waals surface area contributed by atoms with Crippen molar-refractivity contribution in [3.63, 3.8) is 0 Å². The molecule has 1 aliphatic rings. The highest BCUT2D eigenvalue weighted by Gasteiger charge is 2.27. The van der Waals surface area contributed by atoms with Gasteiger partial charge in [0.1, 0.15) is 16.9 Å². The normalized spacial score (nSPS) is 14.1. The van der Waals surface area contributed by atoms with Gasteiger partial charge < -0.3 is 15.8 Å². The number of benzene rings is 2. The molecular formula is C25H25N5O3. The van der Waals surface area contributed by atoms with Gasteiger partial charge in [-0.3, -0.25) is 9.36 Å². The van der Waals surface area contributed by atoms with Gasteiger partial charge in [0.05, 0.1) is 23.2 Å². The summed E-state index contributed by atoms with van der Waals surface area (Å²) in [5, 5.41) is 3.12. The first-order valence-electron chi connectivity index (χ1n) is 11.2. The van der Waals surface area contributed by atoms with Crippen molar-refractivity contribution in [2.45, 2.75) is 38.6 Å². The Labute approximate surface area is 190 Å². The minimum absolute atomic E-state index is 0.146. The van der Waals surface area contributed by atoms with E-state index in [1.165, 1.54) is 0 Å². The third kappa shape index (κ3) is 3.77. The number of para-hydroxylation sites is 2. The number of anilines is 1. The van der Waals surface area contributed by atoms with Gasteiger partial charge in [-0.15, -0.1) is 0 Å². The molecule has 0 radical (unpaired) electrons. The van der Waals surface area contributed by atoms with Gasteiger partial charge in [0.2, 0.25) is 0 Å². The van der Waals surface area contributed by atoms with Crippen LogP contribution in [0.15, 0.2) is 48.5 Å². The second kappa shape index (κ2) is 8.54. The van der Waals surface area contributed by atoms with E-state index in [4.69, 9.17) is 20.4 Å². The van der Waals surface area contributed by atoms with E-state index >= 15 is 0 Å². The molecule has 8 heteroatoms. The molecule has 4 aromatic rings. The number of ether oxygens (including phenoxy) is 1. The van der Waals surface area contributed by atoms with Crippen LogP contribution in [-0.4, -0.2) is 39.1 Å². The summed E-state index contributed by atoms with van der Waals surface area (Å²) in [7, 11) is 0. The topological polar surface area (TPSA) is 112 Å². The zero-order valence-corrected chi connectivity index (χ0v) is 18.4. The number of carbonyl (C=O) groups excluding carboxylic acids is 2. The van der Waals surface area contributed by atoms with Crippen molar-refractivity contribution >= 4 is 39.9 Å². The average molecular weight is 444 g/mol. The maximum Gasteiger partial charge on any atom is 0.338 e. The molecule has 2 aromatic heterocycles. The highest BCUT2D eigenvalue weighted by Crippen LogP contribution is 2.31. The lowest BCUT2D eigenvalue weighted by Crippen LogP contribution is -2.33. The Morgan fingerprint density at radius 2 is 1.73 bits per heavy atom. The first-order valence-corrected chi connectivity index (χ1v) is 11.2. The Kier molecular flexibility index (Phi) is 5.42. The zero-order valence-electron chi connectivity index (χ0n) is 18.4. The standard InChI is InChI=1S/C25H25N5O3/c1-2-33-25(32)15-11-13-17(14-12-15)30-22(26)20(24(31)27-16-7-3-4-8-16)21-23(30)29-19-10-6-5-9-18(19)28-21/h5-6,9-14,16H,2-4,7-8,26H2,1H3,(H,27,31). The molecule has 0 unspecified atom stereocenters. The van der Waals surface area contributed by atoms with Crippen LogP contribution >= 0.6 is 0 Å². The highest BCUT2D eigenvalue weighted by molar-refractivity contribution is 6.11. The van der Waals surface area contributed by atoms with Crippen LogP contribution < -0.4 is 11.1 Å². The molecule has 1 fully saturated rings. The summed E-state index contributed by atoms with van der Waals surface area (Å²) in [4.78, 5) is 34.9. The fourth-order valence-electron chi connectivity index (χ4n) is 4.44. The zero-order chi connectivity index (χ0) is 22.9. The summed E-state index contributed by atoms with van der Waals surface area (Å²) in [6, 6.07) is 14.5. The van der Waals surface area contributed by atoms with E-state index in [9.17, 15) is 9.59 Å². The van der Waals surface area contributed by atoms with E-state index in [0.717, 1.165) is 25.7 Å². The minimum Gasteiger partial charge on any atom is -0.462 e. The Balaban J connectivity index is 1.66. The summed E-state index contributed by atoms with van der Waals surface area (Å²) in [6.07, 6.45) is 4.15. The van der Waals surface area contributed by atoms with E-state index in [1.807, 2.05) is 24.3 Å². The lowest BCUT2D eigenvalue weighted by atomic mass is 10.2. The van der Waals surface area contributed by atoms with Crippen LogP contribution in [0.4, 0.5) is 5.82 Å². The number of hydrogen-bond donors (Lipinski definition) is 2. The molecule has 2 heterocycles. The van der Waals surface area contributed by atoms with Gasteiger partial charge in [0.25, 0.3) is 5.91 Å². The molecule has 168 valence electrons. The van der Waals surface area contributed by atoms with Crippen molar-refractivity contribution in [1.29, 1.82) is 0 Å². The Hall–Kier alpha value is -3.94. The van der Waals surface area contributed by atoms with Crippen molar-refractivity contribution in [3.05, 3.63) is 59.7 Å². The molecule has 0 spiro atoms. The number of carbonyl (C=O) groups is 2. The predicted molar refractivity (Wildman–Crippen MR) is 126 cm³/mol. The molecule has 1 saturated carbocycles. The van der Waals surface area contributed by atoms with Crippen LogP contribution in [-0.2, 0) is 4.74 Å². The van der Waals surface area contributed by atoms with Gasteiger partial charge in [0.15, 0.2) is 5.65 Å². The SMILES string of the molecule is CCOC(=O)c1ccc(-n2c(N)c(C(=O)NC3CCCC3)c3nc4ccccc4nc32)cc1. The van der Waals surface area contributed by atoms with Gasteiger partial charge in [-0.05, 0) is 56.2 Å². The molecule has 1 aliphatic carbocycles. The number of fused-ring (bicyclic) bond motifs is 2. The fourth-order valence-corrected chi connectivity index (χ4v) is 4.44. The second-order valence-corrected chi connectivity index (χ2v) is 8.20. The third-order valence-corrected chi connectivity index (χ3v) is 6.05. The van der Waals surface area contributed by atoms with Crippen LogP contribution in [0.2, 0.25) is 0 Å². The Morgan fingerprint density at radius 3 is 2.39 bits per heavy atom. The summed E-state index contributed by atoms with van der Waals surface area (Å²) >= 11 is 0. The Morgan fingerprint density at radius 1 is 1.06 bits per heavy atom. The van der Waals surface area contributed by atoms with Gasteiger partial charge in [-0.2, -0.15) is 0 Å². The number of amides is 1. The molecular weight excluding hydrogens is 418 g/mol. The average Bonchev–Trinajstić information content (AvgIpc) is 3.42. The molecule has 0 saturated heterocycles. The van der Waals surface area contributed by atoms with Gasteiger partial charge in [-0.25, -0.2) is 14.8 Å². The summed E-state index contributed by atoms with van der Waals surface area (Å²) in [6.45, 7) is 2.07. The number of nitrogen functional groups attached to an aromatic ring is 1. The molecule has 0 aliphatic heterocycles. The monoisotopic (exact) mass is 443 g/mol. The second-order valence-electron chi connectivity index (χ2n) is 8.20. The molecule has 1 amide bonds. The number of nitrogens with zero attached hydrogens (tertiary/aromatic N) is 3. The van der Waals surface area contributed by atoms with Gasteiger partial charge in [-0.1, -0.05) is 25.0 Å². The first-order chi connectivity index (χ1) is 16.1. The van der Waals surface area contributed by atoms with Gasteiger partial charge >= 0.3 is 5.97 Å². The first kappa shape index (κ1) is 20.9. The lowest BCUT2D eigenvalue weighted by Gasteiger charge is -2.12. The van der Waals surface area contributed by atoms with Crippen molar-refractivity contribution in [2.24, 2.45) is 0 Å². The minimum atomic E-state index is -0.392. The van der Waals surface area contributed by atoms with E-state index in [-0.39, 0.29) is 17.8 Å². The quantitative estimate of drug-likeness (QED) is 0.451. The van der Waals surface area contributed by atoms with Crippen LogP contribution in [0.1, 0.15) is 53.3 Å².